The molecule has 0 radical (unpaired) electrons. The first kappa shape index (κ1) is 11.8. The molecule has 1 amide bonds. The number of rotatable bonds is 2. The molecule has 5 heteroatoms. The normalized spacial score (nSPS) is 14.8. The molecule has 0 bridgehead atoms. The van der Waals surface area contributed by atoms with Crippen molar-refractivity contribution in [2.45, 2.75) is 12.8 Å². The zero-order valence-corrected chi connectivity index (χ0v) is 10.5. The quantitative estimate of drug-likeness (QED) is 0.864. The van der Waals surface area contributed by atoms with Crippen molar-refractivity contribution in [3.63, 3.8) is 0 Å². The van der Waals surface area contributed by atoms with Crippen LogP contribution in [0.25, 0.3) is 11.3 Å². The highest BCUT2D eigenvalue weighted by molar-refractivity contribution is 5.93. The number of phenols is 1. The molecule has 2 aromatic rings. The van der Waals surface area contributed by atoms with Gasteiger partial charge in [0.05, 0.1) is 5.69 Å². The van der Waals surface area contributed by atoms with Crippen molar-refractivity contribution in [1.29, 1.82) is 0 Å². The summed E-state index contributed by atoms with van der Waals surface area (Å²) in [7, 11) is 0. The number of nitrogens with one attached hydrogen (secondary N) is 1. The average molecular weight is 257 g/mol. The van der Waals surface area contributed by atoms with Crippen LogP contribution in [0, 0.1) is 0 Å². The third-order valence-corrected chi connectivity index (χ3v) is 3.38. The lowest BCUT2D eigenvalue weighted by Gasteiger charge is -2.12. The maximum atomic E-state index is 12.2. The van der Waals surface area contributed by atoms with Gasteiger partial charge in [0.2, 0.25) is 0 Å². The van der Waals surface area contributed by atoms with Crippen LogP contribution in [0.5, 0.6) is 5.75 Å². The van der Waals surface area contributed by atoms with Gasteiger partial charge in [-0.15, -0.1) is 0 Å². The molecule has 5 nitrogen and oxygen atoms in total. The Hall–Kier alpha value is -2.30. The second-order valence-electron chi connectivity index (χ2n) is 4.68. The number of hydrogen-bond acceptors (Lipinski definition) is 3. The third-order valence-electron chi connectivity index (χ3n) is 3.38. The molecule has 19 heavy (non-hydrogen) atoms. The van der Waals surface area contributed by atoms with E-state index in [4.69, 9.17) is 0 Å². The van der Waals surface area contributed by atoms with Gasteiger partial charge >= 0.3 is 0 Å². The fraction of sp³-hybridized carbons (Fsp3) is 0.286. The van der Waals surface area contributed by atoms with Gasteiger partial charge in [0.15, 0.2) is 0 Å². The molecule has 1 saturated heterocycles. The summed E-state index contributed by atoms with van der Waals surface area (Å²) in [5.74, 6) is 0.140. The third kappa shape index (κ3) is 2.19. The molecule has 98 valence electrons. The highest BCUT2D eigenvalue weighted by Gasteiger charge is 2.21. The molecule has 2 N–H and O–H groups in total. The molecule has 2 heterocycles. The van der Waals surface area contributed by atoms with Gasteiger partial charge in [0.1, 0.15) is 11.4 Å². The van der Waals surface area contributed by atoms with Gasteiger partial charge in [0, 0.05) is 18.7 Å². The standard InChI is InChI=1S/C14H15N3O2/c18-13-6-2-1-5-10(13)11-9-12(16-15-11)14(19)17-7-3-4-8-17/h1-2,5-6,9,18H,3-4,7-8H2,(H,15,16). The fourth-order valence-electron chi connectivity index (χ4n) is 2.35. The predicted molar refractivity (Wildman–Crippen MR) is 70.8 cm³/mol. The Labute approximate surface area is 110 Å². The summed E-state index contributed by atoms with van der Waals surface area (Å²) >= 11 is 0. The van der Waals surface area contributed by atoms with Gasteiger partial charge in [-0.3, -0.25) is 9.89 Å². The SMILES string of the molecule is O=C(c1cc(-c2ccccc2O)n[nH]1)N1CCCC1. The Kier molecular flexibility index (Phi) is 2.95. The van der Waals surface area contributed by atoms with Crippen molar-refractivity contribution < 1.29 is 9.90 Å². The smallest absolute Gasteiger partial charge is 0.271 e. The zero-order valence-electron chi connectivity index (χ0n) is 10.5. The van der Waals surface area contributed by atoms with E-state index in [2.05, 4.69) is 10.2 Å². The largest absolute Gasteiger partial charge is 0.507 e. The van der Waals surface area contributed by atoms with Crippen LogP contribution in [0.15, 0.2) is 30.3 Å². The first-order valence-electron chi connectivity index (χ1n) is 6.39. The number of aromatic nitrogens is 2. The maximum absolute atomic E-state index is 12.2. The molecule has 3 rings (SSSR count). The lowest BCUT2D eigenvalue weighted by Crippen LogP contribution is -2.27. The van der Waals surface area contributed by atoms with Crippen molar-refractivity contribution >= 4 is 5.91 Å². The minimum Gasteiger partial charge on any atom is -0.507 e. The molecule has 0 saturated carbocycles. The number of benzene rings is 1. The lowest BCUT2D eigenvalue weighted by atomic mass is 10.1. The van der Waals surface area contributed by atoms with Gasteiger partial charge in [-0.1, -0.05) is 12.1 Å². The number of amides is 1. The number of H-pyrrole nitrogens is 1. The number of aromatic amines is 1. The van der Waals surface area contributed by atoms with Gasteiger partial charge in [-0.2, -0.15) is 5.10 Å². The Balaban J connectivity index is 1.87. The van der Waals surface area contributed by atoms with Crippen LogP contribution in [-0.2, 0) is 0 Å². The van der Waals surface area contributed by atoms with Gasteiger partial charge in [0.25, 0.3) is 5.91 Å². The molecule has 0 aliphatic carbocycles. The lowest BCUT2D eigenvalue weighted by molar-refractivity contribution is 0.0787. The number of nitrogens with zero attached hydrogens (tertiary/aromatic N) is 2. The summed E-state index contributed by atoms with van der Waals surface area (Å²) in [5.41, 5.74) is 1.68. The zero-order chi connectivity index (χ0) is 13.2. The van der Waals surface area contributed by atoms with E-state index in [-0.39, 0.29) is 11.7 Å². The Morgan fingerprint density at radius 1 is 1.26 bits per heavy atom. The highest BCUT2D eigenvalue weighted by Crippen LogP contribution is 2.27. The van der Waals surface area contributed by atoms with E-state index in [9.17, 15) is 9.90 Å². The number of carbonyl (C=O) groups is 1. The van der Waals surface area contributed by atoms with Crippen LogP contribution in [0.2, 0.25) is 0 Å². The predicted octanol–water partition coefficient (Wildman–Crippen LogP) is 2.02. The van der Waals surface area contributed by atoms with E-state index >= 15 is 0 Å². The molecular weight excluding hydrogens is 242 g/mol. The van der Waals surface area contributed by atoms with E-state index in [1.54, 1.807) is 24.3 Å². The van der Waals surface area contributed by atoms with Gasteiger partial charge in [-0.25, -0.2) is 0 Å². The molecule has 1 aromatic heterocycles. The van der Waals surface area contributed by atoms with Crippen molar-refractivity contribution in [3.8, 4) is 17.0 Å². The maximum Gasteiger partial charge on any atom is 0.271 e. The summed E-state index contributed by atoms with van der Waals surface area (Å²) in [5, 5.41) is 16.6. The number of carbonyl (C=O) groups excluding carboxylic acids is 1. The van der Waals surface area contributed by atoms with Crippen LogP contribution in [0.3, 0.4) is 0 Å². The topological polar surface area (TPSA) is 69.2 Å². The summed E-state index contributed by atoms with van der Waals surface area (Å²) in [6.07, 6.45) is 2.12. The number of likely N-dealkylation sites (tertiary alicyclic amines) is 1. The summed E-state index contributed by atoms with van der Waals surface area (Å²) in [6.45, 7) is 1.62. The Morgan fingerprint density at radius 2 is 2.00 bits per heavy atom. The summed E-state index contributed by atoms with van der Waals surface area (Å²) in [6, 6.07) is 8.64. The van der Waals surface area contributed by atoms with Crippen LogP contribution in [0.4, 0.5) is 0 Å². The minimum absolute atomic E-state index is 0.0216. The number of para-hydroxylation sites is 1. The molecule has 0 atom stereocenters. The van der Waals surface area contributed by atoms with E-state index in [0.29, 0.717) is 17.0 Å². The van der Waals surface area contributed by atoms with Crippen LogP contribution < -0.4 is 0 Å². The van der Waals surface area contributed by atoms with E-state index in [1.807, 2.05) is 11.0 Å². The van der Waals surface area contributed by atoms with E-state index in [1.165, 1.54) is 0 Å². The van der Waals surface area contributed by atoms with Crippen LogP contribution >= 0.6 is 0 Å². The van der Waals surface area contributed by atoms with Gasteiger partial charge < -0.3 is 10.0 Å². The monoisotopic (exact) mass is 257 g/mol. The molecule has 1 aromatic carbocycles. The molecule has 0 spiro atoms. The molecule has 1 aliphatic heterocycles. The number of phenolic OH excluding ortho intramolecular Hbond substituents is 1. The minimum atomic E-state index is -0.0216. The average Bonchev–Trinajstić information content (AvgIpc) is 3.10. The Morgan fingerprint density at radius 3 is 2.74 bits per heavy atom. The van der Waals surface area contributed by atoms with Crippen LogP contribution in [-0.4, -0.2) is 39.2 Å². The Bertz CT molecular complexity index is 600. The first-order chi connectivity index (χ1) is 9.25. The van der Waals surface area contributed by atoms with Gasteiger partial charge in [-0.05, 0) is 31.0 Å². The molecule has 1 fully saturated rings. The summed E-state index contributed by atoms with van der Waals surface area (Å²) < 4.78 is 0. The number of hydrogen-bond donors (Lipinski definition) is 2. The van der Waals surface area contributed by atoms with Crippen molar-refractivity contribution in [1.82, 2.24) is 15.1 Å². The first-order valence-corrected chi connectivity index (χ1v) is 6.39. The molecule has 1 aliphatic rings. The highest BCUT2D eigenvalue weighted by atomic mass is 16.3. The second-order valence-corrected chi connectivity index (χ2v) is 4.68. The van der Waals surface area contributed by atoms with Crippen molar-refractivity contribution in [2.24, 2.45) is 0 Å². The summed E-state index contributed by atoms with van der Waals surface area (Å²) in [4.78, 5) is 14.0. The number of aromatic hydroxyl groups is 1. The fourth-order valence-corrected chi connectivity index (χ4v) is 2.35. The van der Waals surface area contributed by atoms with Crippen molar-refractivity contribution in [3.05, 3.63) is 36.0 Å². The second kappa shape index (κ2) is 4.76. The molecule has 0 unspecified atom stereocenters. The van der Waals surface area contributed by atoms with E-state index < -0.39 is 0 Å². The molecular formula is C14H15N3O2. The van der Waals surface area contributed by atoms with Crippen molar-refractivity contribution in [2.75, 3.05) is 13.1 Å². The van der Waals surface area contributed by atoms with Crippen LogP contribution in [0.1, 0.15) is 23.3 Å². The van der Waals surface area contributed by atoms with E-state index in [0.717, 1.165) is 25.9 Å².